The second-order valence-corrected chi connectivity index (χ2v) is 4.67. The third kappa shape index (κ3) is 4.57. The van der Waals surface area contributed by atoms with Crippen LogP contribution in [0.25, 0.3) is 0 Å². The fraction of sp³-hybridized carbons (Fsp3) is 0.250. The molecule has 0 radical (unpaired) electrons. The Balaban J connectivity index is 1.80. The first-order valence-corrected chi connectivity index (χ1v) is 6.74. The highest BCUT2D eigenvalue weighted by Gasteiger charge is 2.04. The Morgan fingerprint density at radius 1 is 1.29 bits per heavy atom. The largest absolute Gasteiger partial charge is 0.481 e. The molecule has 0 saturated carbocycles. The van der Waals surface area contributed by atoms with Gasteiger partial charge >= 0.3 is 0 Å². The zero-order valence-corrected chi connectivity index (χ0v) is 12.2. The minimum Gasteiger partial charge on any atom is -0.481 e. The van der Waals surface area contributed by atoms with Crippen LogP contribution in [0.4, 0.5) is 5.69 Å². The van der Waals surface area contributed by atoms with Crippen LogP contribution in [-0.4, -0.2) is 24.5 Å². The number of carbonyl (C=O) groups is 1. The first-order valence-electron chi connectivity index (χ1n) is 6.74. The number of nitrogens with one attached hydrogen (secondary N) is 2. The Bertz CT molecular complexity index is 614. The third-order valence-electron chi connectivity index (χ3n) is 3.04. The first kappa shape index (κ1) is 15.0. The second kappa shape index (κ2) is 7.40. The highest BCUT2D eigenvalue weighted by Crippen LogP contribution is 2.12. The van der Waals surface area contributed by atoms with E-state index in [-0.39, 0.29) is 12.5 Å². The summed E-state index contributed by atoms with van der Waals surface area (Å²) in [5.74, 6) is 0.504. The van der Waals surface area contributed by atoms with Crippen LogP contribution in [0.1, 0.15) is 11.1 Å². The van der Waals surface area contributed by atoms with Crippen LogP contribution in [0.15, 0.2) is 42.6 Å². The van der Waals surface area contributed by atoms with Crippen molar-refractivity contribution in [3.8, 4) is 5.88 Å². The molecule has 110 valence electrons. The van der Waals surface area contributed by atoms with Crippen LogP contribution in [0, 0.1) is 6.92 Å². The number of aromatic nitrogens is 1. The molecule has 1 amide bonds. The van der Waals surface area contributed by atoms with Crippen LogP contribution in [0.5, 0.6) is 5.88 Å². The van der Waals surface area contributed by atoms with Crippen molar-refractivity contribution in [3.05, 3.63) is 53.7 Å². The van der Waals surface area contributed by atoms with Gasteiger partial charge in [0.25, 0.3) is 0 Å². The van der Waals surface area contributed by atoms with Gasteiger partial charge in [0.05, 0.1) is 13.7 Å². The summed E-state index contributed by atoms with van der Waals surface area (Å²) < 4.78 is 5.06. The molecule has 1 heterocycles. The predicted octanol–water partition coefficient (Wildman–Crippen LogP) is 2.13. The Morgan fingerprint density at radius 2 is 2.10 bits per heavy atom. The highest BCUT2D eigenvalue weighted by molar-refractivity contribution is 5.92. The first-order chi connectivity index (χ1) is 10.2. The summed E-state index contributed by atoms with van der Waals surface area (Å²) in [5, 5.41) is 5.98. The number of para-hydroxylation sites is 1. The molecule has 2 rings (SSSR count). The Kier molecular flexibility index (Phi) is 5.29. The lowest BCUT2D eigenvalue weighted by molar-refractivity contribution is -0.115. The van der Waals surface area contributed by atoms with Crippen molar-refractivity contribution < 1.29 is 9.53 Å². The van der Waals surface area contributed by atoms with Crippen LogP contribution in [0.2, 0.25) is 0 Å². The lowest BCUT2D eigenvalue weighted by Gasteiger charge is -2.09. The van der Waals surface area contributed by atoms with E-state index in [4.69, 9.17) is 4.74 Å². The number of nitrogens with zero attached hydrogens (tertiary/aromatic N) is 1. The van der Waals surface area contributed by atoms with E-state index >= 15 is 0 Å². The Labute approximate surface area is 124 Å². The molecule has 5 nitrogen and oxygen atoms in total. The molecular formula is C16H19N3O2. The number of carbonyl (C=O) groups excluding carboxylic acids is 1. The third-order valence-corrected chi connectivity index (χ3v) is 3.04. The van der Waals surface area contributed by atoms with E-state index in [1.54, 1.807) is 13.3 Å². The smallest absolute Gasteiger partial charge is 0.238 e. The number of pyridine rings is 1. The van der Waals surface area contributed by atoms with Crippen molar-refractivity contribution in [2.24, 2.45) is 0 Å². The molecule has 5 heteroatoms. The van der Waals surface area contributed by atoms with Crippen molar-refractivity contribution >= 4 is 11.6 Å². The molecule has 0 fully saturated rings. The number of rotatable bonds is 6. The summed E-state index contributed by atoms with van der Waals surface area (Å²) in [6.07, 6.45) is 1.68. The molecule has 0 aliphatic rings. The average molecular weight is 285 g/mol. The molecule has 0 unspecified atom stereocenters. The standard InChI is InChI=1S/C16H19N3O2/c1-12-5-3-4-6-14(12)19-15(20)11-17-10-13-7-8-18-16(9-13)21-2/h3-9,17H,10-11H2,1-2H3,(H,19,20). The summed E-state index contributed by atoms with van der Waals surface area (Å²) in [6.45, 7) is 2.80. The van der Waals surface area contributed by atoms with Crippen molar-refractivity contribution in [1.29, 1.82) is 0 Å². The lowest BCUT2D eigenvalue weighted by atomic mass is 10.2. The molecule has 1 aromatic carbocycles. The molecule has 0 spiro atoms. The predicted molar refractivity (Wildman–Crippen MR) is 82.3 cm³/mol. The Hall–Kier alpha value is -2.40. The number of amides is 1. The van der Waals surface area contributed by atoms with Gasteiger partial charge in [-0.15, -0.1) is 0 Å². The van der Waals surface area contributed by atoms with Crippen molar-refractivity contribution in [3.63, 3.8) is 0 Å². The topological polar surface area (TPSA) is 63.2 Å². The van der Waals surface area contributed by atoms with Crippen LogP contribution in [-0.2, 0) is 11.3 Å². The van der Waals surface area contributed by atoms with E-state index < -0.39 is 0 Å². The SMILES string of the molecule is COc1cc(CNCC(=O)Nc2ccccc2C)ccn1. The van der Waals surface area contributed by atoms with Gasteiger partial charge in [-0.2, -0.15) is 0 Å². The number of benzene rings is 1. The fourth-order valence-electron chi connectivity index (χ4n) is 1.90. The van der Waals surface area contributed by atoms with E-state index in [2.05, 4.69) is 15.6 Å². The number of hydrogen-bond donors (Lipinski definition) is 2. The van der Waals surface area contributed by atoms with Gasteiger partial charge in [0, 0.05) is 24.5 Å². The van der Waals surface area contributed by atoms with Gasteiger partial charge in [-0.3, -0.25) is 4.79 Å². The quantitative estimate of drug-likeness (QED) is 0.853. The fourth-order valence-corrected chi connectivity index (χ4v) is 1.90. The van der Waals surface area contributed by atoms with E-state index in [0.29, 0.717) is 12.4 Å². The summed E-state index contributed by atoms with van der Waals surface area (Å²) >= 11 is 0. The number of methoxy groups -OCH3 is 1. The van der Waals surface area contributed by atoms with Gasteiger partial charge in [0.2, 0.25) is 11.8 Å². The lowest BCUT2D eigenvalue weighted by Crippen LogP contribution is -2.28. The molecule has 0 atom stereocenters. The highest BCUT2D eigenvalue weighted by atomic mass is 16.5. The summed E-state index contributed by atoms with van der Waals surface area (Å²) in [6, 6.07) is 11.4. The molecule has 0 aliphatic heterocycles. The zero-order valence-electron chi connectivity index (χ0n) is 12.2. The molecule has 0 bridgehead atoms. The van der Waals surface area contributed by atoms with Crippen LogP contribution >= 0.6 is 0 Å². The Morgan fingerprint density at radius 3 is 2.86 bits per heavy atom. The molecule has 0 aliphatic carbocycles. The average Bonchev–Trinajstić information content (AvgIpc) is 2.50. The minimum atomic E-state index is -0.0645. The van der Waals surface area contributed by atoms with Gasteiger partial charge in [0.1, 0.15) is 0 Å². The number of ether oxygens (including phenoxy) is 1. The molecule has 0 saturated heterocycles. The van der Waals surface area contributed by atoms with E-state index in [1.807, 2.05) is 43.3 Å². The minimum absolute atomic E-state index is 0.0645. The van der Waals surface area contributed by atoms with Gasteiger partial charge in [-0.1, -0.05) is 18.2 Å². The number of aryl methyl sites for hydroxylation is 1. The van der Waals surface area contributed by atoms with Gasteiger partial charge in [0.15, 0.2) is 0 Å². The van der Waals surface area contributed by atoms with Gasteiger partial charge in [-0.05, 0) is 30.2 Å². The molecular weight excluding hydrogens is 266 g/mol. The number of hydrogen-bond acceptors (Lipinski definition) is 4. The molecule has 21 heavy (non-hydrogen) atoms. The maximum absolute atomic E-state index is 11.9. The maximum Gasteiger partial charge on any atom is 0.238 e. The number of anilines is 1. The van der Waals surface area contributed by atoms with Gasteiger partial charge < -0.3 is 15.4 Å². The normalized spacial score (nSPS) is 10.2. The van der Waals surface area contributed by atoms with Crippen LogP contribution in [0.3, 0.4) is 0 Å². The summed E-state index contributed by atoms with van der Waals surface area (Å²) in [5.41, 5.74) is 2.91. The van der Waals surface area contributed by atoms with E-state index in [1.165, 1.54) is 0 Å². The maximum atomic E-state index is 11.9. The second-order valence-electron chi connectivity index (χ2n) is 4.67. The van der Waals surface area contributed by atoms with Crippen LogP contribution < -0.4 is 15.4 Å². The van der Waals surface area contributed by atoms with Gasteiger partial charge in [-0.25, -0.2) is 4.98 Å². The monoisotopic (exact) mass is 285 g/mol. The van der Waals surface area contributed by atoms with Crippen molar-refractivity contribution in [2.75, 3.05) is 19.0 Å². The molecule has 2 N–H and O–H groups in total. The summed E-state index contributed by atoms with van der Waals surface area (Å²) in [4.78, 5) is 15.9. The molecule has 2 aromatic rings. The van der Waals surface area contributed by atoms with Crippen molar-refractivity contribution in [2.45, 2.75) is 13.5 Å². The summed E-state index contributed by atoms with van der Waals surface area (Å²) in [7, 11) is 1.58. The van der Waals surface area contributed by atoms with E-state index in [9.17, 15) is 4.79 Å². The van der Waals surface area contributed by atoms with Crippen molar-refractivity contribution in [1.82, 2.24) is 10.3 Å². The molecule has 1 aromatic heterocycles. The zero-order chi connectivity index (χ0) is 15.1. The van der Waals surface area contributed by atoms with E-state index in [0.717, 1.165) is 16.8 Å².